The van der Waals surface area contributed by atoms with E-state index in [1.165, 1.54) is 12.1 Å². The van der Waals surface area contributed by atoms with Gasteiger partial charge in [0.05, 0.1) is 11.3 Å². The van der Waals surface area contributed by atoms with Crippen molar-refractivity contribution in [2.24, 2.45) is 0 Å². The first-order valence-electron chi connectivity index (χ1n) is 8.69. The monoisotopic (exact) mass is 573 g/mol. The molecule has 0 saturated heterocycles. The van der Waals surface area contributed by atoms with Crippen LogP contribution in [-0.2, 0) is 0 Å². The lowest BCUT2D eigenvalue weighted by Crippen LogP contribution is -1.97. The molecule has 0 amide bonds. The van der Waals surface area contributed by atoms with Gasteiger partial charge in [-0.1, -0.05) is 6.07 Å². The molecule has 1 heterocycles. The highest BCUT2D eigenvalue weighted by Crippen LogP contribution is 2.29. The minimum atomic E-state index is -0.490. The first-order chi connectivity index (χ1) is 13.7. The molecule has 1 aromatic heterocycles. The van der Waals surface area contributed by atoms with Gasteiger partial charge in [-0.05, 0) is 96.8 Å². The lowest BCUT2D eigenvalue weighted by atomic mass is 9.95. The van der Waals surface area contributed by atoms with Crippen molar-refractivity contribution in [2.45, 2.75) is 27.7 Å². The van der Waals surface area contributed by atoms with Crippen molar-refractivity contribution in [3.05, 3.63) is 85.1 Å². The molecular formula is C23H26F2IN3O4. The molecule has 0 fully saturated rings. The number of pyridine rings is 1. The summed E-state index contributed by atoms with van der Waals surface area (Å²) in [5.41, 5.74) is 5.01. The fourth-order valence-corrected chi connectivity index (χ4v) is 3.56. The third-order valence-electron chi connectivity index (χ3n) is 4.67. The summed E-state index contributed by atoms with van der Waals surface area (Å²) in [5, 5.41) is 17.7. The quantitative estimate of drug-likeness (QED) is 0.406. The van der Waals surface area contributed by atoms with Crippen LogP contribution in [0, 0.1) is 65.6 Å². The van der Waals surface area contributed by atoms with E-state index < -0.39 is 11.6 Å². The van der Waals surface area contributed by atoms with Gasteiger partial charge in [-0.3, -0.25) is 4.98 Å². The zero-order chi connectivity index (χ0) is 21.7. The van der Waals surface area contributed by atoms with E-state index in [0.29, 0.717) is 14.8 Å². The van der Waals surface area contributed by atoms with E-state index in [0.717, 1.165) is 22.3 Å². The smallest absolute Gasteiger partial charge is 0.142 e. The molecule has 0 atom stereocenters. The van der Waals surface area contributed by atoms with E-state index in [-0.39, 0.29) is 33.0 Å². The number of hydrogen-bond acceptors (Lipinski definition) is 3. The van der Waals surface area contributed by atoms with Gasteiger partial charge in [-0.2, -0.15) is 10.5 Å². The summed E-state index contributed by atoms with van der Waals surface area (Å²) in [7, 11) is 0. The maximum atomic E-state index is 13.7. The van der Waals surface area contributed by atoms with Crippen molar-refractivity contribution in [3.63, 3.8) is 0 Å². The zero-order valence-electron chi connectivity index (χ0n) is 18.4. The molecule has 33 heavy (non-hydrogen) atoms. The lowest BCUT2D eigenvalue weighted by Gasteiger charge is -2.11. The Kier molecular flexibility index (Phi) is 15.7. The normalized spacial score (nSPS) is 8.64. The van der Waals surface area contributed by atoms with Crippen LogP contribution in [0.25, 0.3) is 11.3 Å². The van der Waals surface area contributed by atoms with E-state index in [9.17, 15) is 8.78 Å². The van der Waals surface area contributed by atoms with Gasteiger partial charge in [0.1, 0.15) is 29.3 Å². The summed E-state index contributed by atoms with van der Waals surface area (Å²) in [5.74, 6) is -0.916. The Morgan fingerprint density at radius 2 is 1.27 bits per heavy atom. The van der Waals surface area contributed by atoms with Crippen LogP contribution in [0.5, 0.6) is 0 Å². The number of benzene rings is 2. The van der Waals surface area contributed by atoms with Crippen LogP contribution in [0.3, 0.4) is 0 Å². The molecule has 2 aromatic carbocycles. The minimum Gasteiger partial charge on any atom is -0.412 e. The summed E-state index contributed by atoms with van der Waals surface area (Å²) >= 11 is 1.99. The average molecular weight is 573 g/mol. The van der Waals surface area contributed by atoms with Crippen molar-refractivity contribution < 1.29 is 30.7 Å². The molecule has 0 saturated carbocycles. The summed E-state index contributed by atoms with van der Waals surface area (Å²) in [4.78, 5) is 4.18. The highest BCUT2D eigenvalue weighted by atomic mass is 127. The summed E-state index contributed by atoms with van der Waals surface area (Å²) < 4.78 is 27.5. The maximum absolute atomic E-state index is 13.7. The SMILES string of the molecule is Cc1cc(F)c(C#N)c(-c2ccccn2)c1C.Cc1cc(F)c(C#N)c(I)c1C.O.O.O.O. The van der Waals surface area contributed by atoms with Gasteiger partial charge >= 0.3 is 0 Å². The Hall–Kier alpha value is -3.00. The van der Waals surface area contributed by atoms with Crippen molar-refractivity contribution in [1.82, 2.24) is 4.98 Å². The van der Waals surface area contributed by atoms with Gasteiger partial charge in [-0.15, -0.1) is 0 Å². The molecule has 0 radical (unpaired) electrons. The van der Waals surface area contributed by atoms with Crippen LogP contribution >= 0.6 is 22.6 Å². The summed E-state index contributed by atoms with van der Waals surface area (Å²) in [6.07, 6.45) is 1.64. The van der Waals surface area contributed by atoms with Gasteiger partial charge in [0.15, 0.2) is 0 Å². The highest BCUT2D eigenvalue weighted by molar-refractivity contribution is 14.1. The molecule has 10 heteroatoms. The van der Waals surface area contributed by atoms with Crippen molar-refractivity contribution in [2.75, 3.05) is 0 Å². The topological polar surface area (TPSA) is 186 Å². The molecule has 0 spiro atoms. The second-order valence-corrected chi connectivity index (χ2v) is 7.56. The van der Waals surface area contributed by atoms with Crippen LogP contribution in [-0.4, -0.2) is 26.9 Å². The number of nitriles is 2. The summed E-state index contributed by atoms with van der Waals surface area (Å²) in [6.45, 7) is 7.42. The number of nitrogens with zero attached hydrogens (tertiary/aromatic N) is 3. The Morgan fingerprint density at radius 1 is 0.788 bits per heavy atom. The number of halogens is 3. The van der Waals surface area contributed by atoms with Gasteiger partial charge in [-0.25, -0.2) is 8.78 Å². The Labute approximate surface area is 204 Å². The van der Waals surface area contributed by atoms with Gasteiger partial charge in [0.25, 0.3) is 0 Å². The van der Waals surface area contributed by atoms with Crippen molar-refractivity contribution in [1.29, 1.82) is 10.5 Å². The molecule has 7 nitrogen and oxygen atoms in total. The average Bonchev–Trinajstić information content (AvgIpc) is 2.70. The number of aromatic nitrogens is 1. The van der Waals surface area contributed by atoms with Crippen molar-refractivity contribution in [3.8, 4) is 23.4 Å². The standard InChI is InChI=1S/C14H11FN2.C9H7FIN.4H2O/c1-9-7-12(15)11(8-16)14(10(9)2)13-5-3-4-6-17-13;1-5-3-8(10)7(4-12)9(11)6(5)2;;;;/h3-7H,1-2H3;3H,1-2H3;4*1H2. The van der Waals surface area contributed by atoms with Crippen LogP contribution in [0.4, 0.5) is 8.78 Å². The van der Waals surface area contributed by atoms with Crippen LogP contribution in [0.1, 0.15) is 33.4 Å². The molecular weight excluding hydrogens is 547 g/mol. The third kappa shape index (κ3) is 7.53. The van der Waals surface area contributed by atoms with Crippen LogP contribution < -0.4 is 0 Å². The predicted molar refractivity (Wildman–Crippen MR) is 132 cm³/mol. The first-order valence-corrected chi connectivity index (χ1v) is 9.77. The molecule has 178 valence electrons. The second kappa shape index (κ2) is 14.9. The van der Waals surface area contributed by atoms with E-state index in [1.54, 1.807) is 18.3 Å². The highest BCUT2D eigenvalue weighted by Gasteiger charge is 2.16. The van der Waals surface area contributed by atoms with Gasteiger partial charge in [0, 0.05) is 15.3 Å². The Bertz CT molecular complexity index is 1160. The number of hydrogen-bond donors (Lipinski definition) is 0. The molecule has 0 aliphatic carbocycles. The summed E-state index contributed by atoms with van der Waals surface area (Å²) in [6, 6.07) is 11.9. The van der Waals surface area contributed by atoms with E-state index in [2.05, 4.69) is 4.98 Å². The fraction of sp³-hybridized carbons (Fsp3) is 0.174. The molecule has 3 aromatic rings. The molecule has 3 rings (SSSR count). The van der Waals surface area contributed by atoms with Crippen LogP contribution in [0.2, 0.25) is 0 Å². The maximum Gasteiger partial charge on any atom is 0.142 e. The predicted octanol–water partition coefficient (Wildman–Crippen LogP) is 3.00. The molecule has 0 aliphatic rings. The van der Waals surface area contributed by atoms with E-state index in [4.69, 9.17) is 10.5 Å². The molecule has 0 aliphatic heterocycles. The third-order valence-corrected chi connectivity index (χ3v) is 6.01. The molecule has 8 N–H and O–H groups in total. The zero-order valence-corrected chi connectivity index (χ0v) is 20.6. The lowest BCUT2D eigenvalue weighted by molar-refractivity contribution is 0.620. The Morgan fingerprint density at radius 3 is 1.73 bits per heavy atom. The Balaban J connectivity index is -0.000000509. The van der Waals surface area contributed by atoms with Crippen molar-refractivity contribution >= 4 is 22.6 Å². The largest absolute Gasteiger partial charge is 0.412 e. The van der Waals surface area contributed by atoms with Crippen LogP contribution in [0.15, 0.2) is 36.5 Å². The first kappa shape index (κ1) is 34.6. The van der Waals surface area contributed by atoms with Gasteiger partial charge in [0.2, 0.25) is 0 Å². The van der Waals surface area contributed by atoms with E-state index in [1.807, 2.05) is 68.5 Å². The number of rotatable bonds is 1. The molecule has 0 unspecified atom stereocenters. The second-order valence-electron chi connectivity index (χ2n) is 6.48. The fourth-order valence-electron chi connectivity index (χ4n) is 2.75. The van der Waals surface area contributed by atoms with E-state index >= 15 is 0 Å². The number of aryl methyl sites for hydroxylation is 2. The minimum absolute atomic E-state index is 0. The van der Waals surface area contributed by atoms with Gasteiger partial charge < -0.3 is 21.9 Å². The molecule has 0 bridgehead atoms.